The number of nitrogens with zero attached hydrogens (tertiary/aromatic N) is 2. The van der Waals surface area contributed by atoms with Crippen molar-refractivity contribution in [2.45, 2.75) is 63.5 Å². The smallest absolute Gasteiger partial charge is 0.188 e. The van der Waals surface area contributed by atoms with Crippen molar-refractivity contribution in [2.24, 2.45) is 10.7 Å². The fourth-order valence-electron chi connectivity index (χ4n) is 4.27. The summed E-state index contributed by atoms with van der Waals surface area (Å²) in [5.41, 5.74) is 7.45. The van der Waals surface area contributed by atoms with Gasteiger partial charge in [-0.1, -0.05) is 43.9 Å². The second kappa shape index (κ2) is 11.7. The molecule has 1 aromatic rings. The molecule has 1 heterocycles. The highest BCUT2D eigenvalue weighted by Gasteiger charge is 2.25. The normalized spacial score (nSPS) is 20.6. The molecule has 0 spiro atoms. The van der Waals surface area contributed by atoms with Gasteiger partial charge in [0.15, 0.2) is 5.96 Å². The third-order valence-electron chi connectivity index (χ3n) is 5.72. The lowest BCUT2D eigenvalue weighted by Gasteiger charge is -2.28. The molecule has 0 bridgehead atoms. The van der Waals surface area contributed by atoms with Crippen LogP contribution in [0.4, 0.5) is 0 Å². The number of ether oxygens (including phenoxy) is 1. The number of rotatable bonds is 6. The Labute approximate surface area is 181 Å². The average Bonchev–Trinajstić information content (AvgIpc) is 3.07. The van der Waals surface area contributed by atoms with Gasteiger partial charge in [0, 0.05) is 11.6 Å². The number of halogens is 1. The van der Waals surface area contributed by atoms with Gasteiger partial charge < -0.3 is 15.8 Å². The van der Waals surface area contributed by atoms with E-state index in [0.29, 0.717) is 18.5 Å². The standard InChI is InChI=1S/C21H34N4O.HI/c1-26-20-13-7-6-12-18(20)19(25-14-8-9-15-25)16-23-21(22)24-17-10-4-2-3-5-11-17;/h6-7,12-13,17,19H,2-5,8-11,14-16H2,1H3,(H3,22,23,24);1H. The predicted octanol–water partition coefficient (Wildman–Crippen LogP) is 4.08. The van der Waals surface area contributed by atoms with Gasteiger partial charge in [-0.25, -0.2) is 0 Å². The average molecular weight is 486 g/mol. The fourth-order valence-corrected chi connectivity index (χ4v) is 4.27. The molecule has 0 radical (unpaired) electrons. The Morgan fingerprint density at radius 2 is 1.81 bits per heavy atom. The monoisotopic (exact) mass is 486 g/mol. The lowest BCUT2D eigenvalue weighted by molar-refractivity contribution is 0.245. The minimum Gasteiger partial charge on any atom is -0.496 e. The number of nitrogens with one attached hydrogen (secondary N) is 1. The zero-order valence-corrected chi connectivity index (χ0v) is 18.9. The van der Waals surface area contributed by atoms with E-state index in [0.717, 1.165) is 18.8 Å². The molecule has 3 N–H and O–H groups in total. The predicted molar refractivity (Wildman–Crippen MR) is 123 cm³/mol. The fraction of sp³-hybridized carbons (Fsp3) is 0.667. The van der Waals surface area contributed by atoms with Gasteiger partial charge in [0.2, 0.25) is 0 Å². The summed E-state index contributed by atoms with van der Waals surface area (Å²) in [6.07, 6.45) is 10.2. The van der Waals surface area contributed by atoms with E-state index in [2.05, 4.69) is 22.3 Å². The number of nitrogens with two attached hydrogens (primary N) is 1. The SMILES string of the molecule is COc1ccccc1C(CN=C(N)NC1CCCCCC1)N1CCCC1.I. The molecule has 1 aliphatic carbocycles. The van der Waals surface area contributed by atoms with E-state index in [1.807, 2.05) is 12.1 Å². The first-order valence-corrected chi connectivity index (χ1v) is 10.2. The van der Waals surface area contributed by atoms with Crippen LogP contribution in [0.25, 0.3) is 0 Å². The van der Waals surface area contributed by atoms with E-state index in [1.165, 1.54) is 56.9 Å². The zero-order valence-electron chi connectivity index (χ0n) is 16.5. The quantitative estimate of drug-likeness (QED) is 0.275. The van der Waals surface area contributed by atoms with Gasteiger partial charge >= 0.3 is 0 Å². The summed E-state index contributed by atoms with van der Waals surface area (Å²) in [6.45, 7) is 2.91. The Kier molecular flexibility index (Phi) is 9.68. The summed E-state index contributed by atoms with van der Waals surface area (Å²) < 4.78 is 5.61. The van der Waals surface area contributed by atoms with Crippen molar-refractivity contribution in [3.05, 3.63) is 29.8 Å². The van der Waals surface area contributed by atoms with E-state index < -0.39 is 0 Å². The van der Waals surface area contributed by atoms with Crippen molar-refractivity contribution < 1.29 is 4.74 Å². The molecule has 2 aliphatic rings. The maximum Gasteiger partial charge on any atom is 0.188 e. The molecule has 0 aromatic heterocycles. The van der Waals surface area contributed by atoms with Crippen LogP contribution < -0.4 is 15.8 Å². The highest BCUT2D eigenvalue weighted by molar-refractivity contribution is 14.0. The topological polar surface area (TPSA) is 62.9 Å². The zero-order chi connectivity index (χ0) is 18.2. The van der Waals surface area contributed by atoms with Crippen LogP contribution in [0.15, 0.2) is 29.3 Å². The van der Waals surface area contributed by atoms with Crippen molar-refractivity contribution in [3.8, 4) is 5.75 Å². The van der Waals surface area contributed by atoms with E-state index in [4.69, 9.17) is 15.5 Å². The molecule has 27 heavy (non-hydrogen) atoms. The Bertz CT molecular complexity index is 581. The summed E-state index contributed by atoms with van der Waals surface area (Å²) in [7, 11) is 1.74. The van der Waals surface area contributed by atoms with Gasteiger partial charge in [-0.15, -0.1) is 24.0 Å². The van der Waals surface area contributed by atoms with Crippen LogP contribution in [0, 0.1) is 0 Å². The number of guanidine groups is 1. The van der Waals surface area contributed by atoms with Crippen molar-refractivity contribution in [1.82, 2.24) is 10.2 Å². The second-order valence-corrected chi connectivity index (χ2v) is 7.56. The highest BCUT2D eigenvalue weighted by atomic mass is 127. The molecule has 1 unspecified atom stereocenters. The largest absolute Gasteiger partial charge is 0.496 e. The van der Waals surface area contributed by atoms with Gasteiger partial charge in [0.25, 0.3) is 0 Å². The summed E-state index contributed by atoms with van der Waals surface area (Å²) in [6, 6.07) is 9.01. The molecule has 0 amide bonds. The third kappa shape index (κ3) is 6.52. The number of hydrogen-bond donors (Lipinski definition) is 2. The maximum absolute atomic E-state index is 6.24. The van der Waals surface area contributed by atoms with Crippen molar-refractivity contribution >= 4 is 29.9 Å². The maximum atomic E-state index is 6.24. The van der Waals surface area contributed by atoms with E-state index in [9.17, 15) is 0 Å². The number of para-hydroxylation sites is 1. The van der Waals surface area contributed by atoms with Gasteiger partial charge in [-0.05, 0) is 44.8 Å². The second-order valence-electron chi connectivity index (χ2n) is 7.56. The molecule has 152 valence electrons. The van der Waals surface area contributed by atoms with Gasteiger partial charge in [0.1, 0.15) is 5.75 Å². The Morgan fingerprint density at radius 3 is 2.48 bits per heavy atom. The first-order valence-electron chi connectivity index (χ1n) is 10.2. The molecule has 1 saturated heterocycles. The number of benzene rings is 1. The Morgan fingerprint density at radius 1 is 1.15 bits per heavy atom. The van der Waals surface area contributed by atoms with Crippen LogP contribution in [-0.2, 0) is 0 Å². The molecular weight excluding hydrogens is 451 g/mol. The number of methoxy groups -OCH3 is 1. The van der Waals surface area contributed by atoms with Crippen LogP contribution in [0.3, 0.4) is 0 Å². The van der Waals surface area contributed by atoms with Crippen LogP contribution in [0.1, 0.15) is 63.0 Å². The number of likely N-dealkylation sites (tertiary alicyclic amines) is 1. The first kappa shape index (κ1) is 22.3. The van der Waals surface area contributed by atoms with Gasteiger partial charge in [0.05, 0.1) is 19.7 Å². The number of hydrogen-bond acceptors (Lipinski definition) is 3. The van der Waals surface area contributed by atoms with Crippen LogP contribution in [0.5, 0.6) is 5.75 Å². The van der Waals surface area contributed by atoms with Crippen LogP contribution in [-0.4, -0.2) is 43.6 Å². The molecule has 1 saturated carbocycles. The molecule has 2 fully saturated rings. The molecular formula is C21H35IN4O. The molecule has 1 aliphatic heterocycles. The summed E-state index contributed by atoms with van der Waals surface area (Å²) in [4.78, 5) is 7.25. The summed E-state index contributed by atoms with van der Waals surface area (Å²) >= 11 is 0. The van der Waals surface area contributed by atoms with Gasteiger partial charge in [-0.3, -0.25) is 9.89 Å². The van der Waals surface area contributed by atoms with Crippen molar-refractivity contribution in [3.63, 3.8) is 0 Å². The van der Waals surface area contributed by atoms with Crippen LogP contribution >= 0.6 is 24.0 Å². The van der Waals surface area contributed by atoms with E-state index >= 15 is 0 Å². The third-order valence-corrected chi connectivity index (χ3v) is 5.72. The van der Waals surface area contributed by atoms with Crippen molar-refractivity contribution in [1.29, 1.82) is 0 Å². The highest BCUT2D eigenvalue weighted by Crippen LogP contribution is 2.31. The van der Waals surface area contributed by atoms with Crippen LogP contribution in [0.2, 0.25) is 0 Å². The molecule has 3 rings (SSSR count). The molecule has 1 atom stereocenters. The molecule has 6 heteroatoms. The summed E-state index contributed by atoms with van der Waals surface area (Å²) in [5.74, 6) is 1.53. The Hall–Kier alpha value is -1.02. The lowest BCUT2D eigenvalue weighted by atomic mass is 10.0. The first-order chi connectivity index (χ1) is 12.8. The minimum absolute atomic E-state index is 0. The van der Waals surface area contributed by atoms with E-state index in [1.54, 1.807) is 7.11 Å². The molecule has 1 aromatic carbocycles. The number of aliphatic imine (C=N–C) groups is 1. The van der Waals surface area contributed by atoms with E-state index in [-0.39, 0.29) is 30.0 Å². The lowest BCUT2D eigenvalue weighted by Crippen LogP contribution is -2.40. The van der Waals surface area contributed by atoms with Crippen molar-refractivity contribution in [2.75, 3.05) is 26.7 Å². The Balaban J connectivity index is 0.00000261. The van der Waals surface area contributed by atoms with Gasteiger partial charge in [-0.2, -0.15) is 0 Å². The summed E-state index contributed by atoms with van der Waals surface area (Å²) in [5, 5.41) is 3.46. The molecule has 5 nitrogen and oxygen atoms in total. The minimum atomic E-state index is 0.